The Kier molecular flexibility index (Phi) is 4.31. The summed E-state index contributed by atoms with van der Waals surface area (Å²) in [6, 6.07) is 12.3. The van der Waals surface area contributed by atoms with Gasteiger partial charge < -0.3 is 10.1 Å². The molecular formula is C15H18N2O. The number of ether oxygens (including phenoxy) is 1. The molecule has 2 aromatic rings. The van der Waals surface area contributed by atoms with Gasteiger partial charge in [-0.15, -0.1) is 0 Å². The fraction of sp³-hybridized carbons (Fsp3) is 0.267. The quantitative estimate of drug-likeness (QED) is 0.875. The Balaban J connectivity index is 2.35. The average molecular weight is 242 g/mol. The molecule has 0 saturated carbocycles. The molecule has 0 aliphatic carbocycles. The maximum atomic E-state index is 5.28. The van der Waals surface area contributed by atoms with Gasteiger partial charge in [-0.3, -0.25) is 4.98 Å². The van der Waals surface area contributed by atoms with Crippen LogP contribution < -0.4 is 10.1 Å². The number of pyridine rings is 1. The first-order chi connectivity index (χ1) is 8.85. The van der Waals surface area contributed by atoms with E-state index in [4.69, 9.17) is 4.74 Å². The fourth-order valence-corrected chi connectivity index (χ4v) is 2.00. The molecule has 3 heteroatoms. The normalized spacial score (nSPS) is 12.1. The Bertz CT molecular complexity index is 485. The van der Waals surface area contributed by atoms with Crippen molar-refractivity contribution in [1.29, 1.82) is 0 Å². The Hall–Kier alpha value is -1.87. The number of nitrogens with zero attached hydrogens (tertiary/aromatic N) is 1. The fourth-order valence-electron chi connectivity index (χ4n) is 2.00. The summed E-state index contributed by atoms with van der Waals surface area (Å²) >= 11 is 0. The monoisotopic (exact) mass is 242 g/mol. The van der Waals surface area contributed by atoms with Crippen molar-refractivity contribution in [2.75, 3.05) is 13.7 Å². The van der Waals surface area contributed by atoms with Gasteiger partial charge in [0.05, 0.1) is 13.2 Å². The van der Waals surface area contributed by atoms with Crippen molar-refractivity contribution >= 4 is 0 Å². The zero-order valence-corrected chi connectivity index (χ0v) is 10.8. The van der Waals surface area contributed by atoms with E-state index in [9.17, 15) is 0 Å². The van der Waals surface area contributed by atoms with Crippen LogP contribution in [0.1, 0.15) is 24.1 Å². The van der Waals surface area contributed by atoms with Crippen LogP contribution in [0.25, 0.3) is 0 Å². The first-order valence-electron chi connectivity index (χ1n) is 6.12. The number of aromatic nitrogens is 1. The molecule has 0 bridgehead atoms. The van der Waals surface area contributed by atoms with Crippen LogP contribution in [0.2, 0.25) is 0 Å². The van der Waals surface area contributed by atoms with Crippen molar-refractivity contribution in [2.45, 2.75) is 13.0 Å². The van der Waals surface area contributed by atoms with E-state index in [-0.39, 0.29) is 6.04 Å². The summed E-state index contributed by atoms with van der Waals surface area (Å²) in [5, 5.41) is 3.47. The van der Waals surface area contributed by atoms with Gasteiger partial charge in [-0.05, 0) is 35.9 Å². The summed E-state index contributed by atoms with van der Waals surface area (Å²) in [5.74, 6) is 0.874. The molecule has 1 atom stereocenters. The van der Waals surface area contributed by atoms with E-state index in [1.807, 2.05) is 24.4 Å². The maximum Gasteiger partial charge on any atom is 0.119 e. The van der Waals surface area contributed by atoms with Gasteiger partial charge in [-0.2, -0.15) is 0 Å². The topological polar surface area (TPSA) is 34.2 Å². The van der Waals surface area contributed by atoms with Gasteiger partial charge in [-0.1, -0.05) is 25.1 Å². The molecule has 18 heavy (non-hydrogen) atoms. The van der Waals surface area contributed by atoms with Crippen LogP contribution in [0.5, 0.6) is 5.75 Å². The molecule has 3 nitrogen and oxygen atoms in total. The van der Waals surface area contributed by atoms with Gasteiger partial charge in [0, 0.05) is 12.4 Å². The van der Waals surface area contributed by atoms with Crippen molar-refractivity contribution in [3.05, 3.63) is 59.9 Å². The van der Waals surface area contributed by atoms with Crippen LogP contribution in [0.15, 0.2) is 48.8 Å². The maximum absolute atomic E-state index is 5.28. The molecular weight excluding hydrogens is 224 g/mol. The lowest BCUT2D eigenvalue weighted by molar-refractivity contribution is 0.413. The molecule has 0 aliphatic rings. The number of rotatable bonds is 5. The number of hydrogen-bond donors (Lipinski definition) is 1. The second-order valence-electron chi connectivity index (χ2n) is 4.05. The summed E-state index contributed by atoms with van der Waals surface area (Å²) in [7, 11) is 1.69. The third kappa shape index (κ3) is 2.87. The summed E-state index contributed by atoms with van der Waals surface area (Å²) in [6.07, 6.45) is 3.69. The van der Waals surface area contributed by atoms with E-state index in [0.29, 0.717) is 0 Å². The first-order valence-corrected chi connectivity index (χ1v) is 6.12. The highest BCUT2D eigenvalue weighted by atomic mass is 16.5. The van der Waals surface area contributed by atoms with Crippen molar-refractivity contribution in [3.63, 3.8) is 0 Å². The van der Waals surface area contributed by atoms with Gasteiger partial charge in [0.1, 0.15) is 5.75 Å². The van der Waals surface area contributed by atoms with Crippen LogP contribution in [0, 0.1) is 0 Å². The summed E-state index contributed by atoms with van der Waals surface area (Å²) in [4.78, 5) is 4.18. The van der Waals surface area contributed by atoms with Gasteiger partial charge in [0.25, 0.3) is 0 Å². The van der Waals surface area contributed by atoms with Gasteiger partial charge in [0.2, 0.25) is 0 Å². The molecule has 1 heterocycles. The smallest absolute Gasteiger partial charge is 0.119 e. The lowest BCUT2D eigenvalue weighted by Gasteiger charge is -2.19. The number of hydrogen-bond acceptors (Lipinski definition) is 3. The number of methoxy groups -OCH3 is 1. The Morgan fingerprint density at radius 1 is 1.22 bits per heavy atom. The molecule has 0 spiro atoms. The minimum atomic E-state index is 0.152. The Labute approximate surface area is 108 Å². The lowest BCUT2D eigenvalue weighted by Crippen LogP contribution is -2.22. The molecule has 0 amide bonds. The minimum absolute atomic E-state index is 0.152. The molecule has 1 unspecified atom stereocenters. The Morgan fingerprint density at radius 2 is 2.06 bits per heavy atom. The molecule has 1 aromatic heterocycles. The van der Waals surface area contributed by atoms with Crippen LogP contribution in [0.3, 0.4) is 0 Å². The largest absolute Gasteiger partial charge is 0.497 e. The van der Waals surface area contributed by atoms with Crippen LogP contribution in [-0.2, 0) is 0 Å². The van der Waals surface area contributed by atoms with E-state index in [2.05, 4.69) is 35.4 Å². The number of benzene rings is 1. The third-order valence-electron chi connectivity index (χ3n) is 2.85. The highest BCUT2D eigenvalue weighted by Crippen LogP contribution is 2.24. The zero-order chi connectivity index (χ0) is 12.8. The predicted octanol–water partition coefficient (Wildman–Crippen LogP) is 2.79. The standard InChI is InChI=1S/C15H18N2O/c1-3-17-15(13-7-5-9-16-11-13)12-6-4-8-14(10-12)18-2/h4-11,15,17H,3H2,1-2H3. The van der Waals surface area contributed by atoms with Gasteiger partial charge >= 0.3 is 0 Å². The molecule has 0 radical (unpaired) electrons. The van der Waals surface area contributed by atoms with E-state index >= 15 is 0 Å². The molecule has 1 N–H and O–H groups in total. The highest BCUT2D eigenvalue weighted by molar-refractivity contribution is 5.35. The molecule has 0 aliphatic heterocycles. The van der Waals surface area contributed by atoms with E-state index in [1.54, 1.807) is 13.3 Å². The highest BCUT2D eigenvalue weighted by Gasteiger charge is 2.13. The van der Waals surface area contributed by atoms with E-state index in [1.165, 1.54) is 5.56 Å². The minimum Gasteiger partial charge on any atom is -0.497 e. The third-order valence-corrected chi connectivity index (χ3v) is 2.85. The van der Waals surface area contributed by atoms with Gasteiger partial charge in [-0.25, -0.2) is 0 Å². The average Bonchev–Trinajstić information content (AvgIpc) is 2.46. The molecule has 1 aromatic carbocycles. The van der Waals surface area contributed by atoms with E-state index in [0.717, 1.165) is 17.9 Å². The lowest BCUT2D eigenvalue weighted by atomic mass is 10.00. The molecule has 2 rings (SSSR count). The first kappa shape index (κ1) is 12.6. The number of nitrogens with one attached hydrogen (secondary N) is 1. The summed E-state index contributed by atoms with van der Waals surface area (Å²) < 4.78 is 5.28. The van der Waals surface area contributed by atoms with Crippen LogP contribution >= 0.6 is 0 Å². The second kappa shape index (κ2) is 6.17. The Morgan fingerprint density at radius 3 is 2.72 bits per heavy atom. The zero-order valence-electron chi connectivity index (χ0n) is 10.8. The van der Waals surface area contributed by atoms with Crippen molar-refractivity contribution < 1.29 is 4.74 Å². The summed E-state index contributed by atoms with van der Waals surface area (Å²) in [5.41, 5.74) is 2.34. The SMILES string of the molecule is CCNC(c1cccnc1)c1cccc(OC)c1. The van der Waals surface area contributed by atoms with Crippen LogP contribution in [0.4, 0.5) is 0 Å². The van der Waals surface area contributed by atoms with Crippen molar-refractivity contribution in [3.8, 4) is 5.75 Å². The van der Waals surface area contributed by atoms with Gasteiger partial charge in [0.15, 0.2) is 0 Å². The summed E-state index contributed by atoms with van der Waals surface area (Å²) in [6.45, 7) is 3.00. The van der Waals surface area contributed by atoms with Crippen molar-refractivity contribution in [1.82, 2.24) is 10.3 Å². The predicted molar refractivity (Wildman–Crippen MR) is 72.8 cm³/mol. The molecule has 94 valence electrons. The van der Waals surface area contributed by atoms with Crippen molar-refractivity contribution in [2.24, 2.45) is 0 Å². The second-order valence-corrected chi connectivity index (χ2v) is 4.05. The van der Waals surface area contributed by atoms with E-state index < -0.39 is 0 Å². The molecule has 0 fully saturated rings. The van der Waals surface area contributed by atoms with Crippen LogP contribution in [-0.4, -0.2) is 18.6 Å². The molecule has 0 saturated heterocycles.